The summed E-state index contributed by atoms with van der Waals surface area (Å²) in [6.07, 6.45) is 2.65. The van der Waals surface area contributed by atoms with Crippen molar-refractivity contribution in [2.75, 3.05) is 11.9 Å². The predicted molar refractivity (Wildman–Crippen MR) is 68.3 cm³/mol. The van der Waals surface area contributed by atoms with Crippen LogP contribution in [-0.4, -0.2) is 18.5 Å². The molecular formula is C12H13BrF2N2O. The van der Waals surface area contributed by atoms with E-state index in [2.05, 4.69) is 26.6 Å². The van der Waals surface area contributed by atoms with E-state index in [1.54, 1.807) is 0 Å². The first-order valence-corrected chi connectivity index (χ1v) is 6.56. The molecule has 1 aromatic carbocycles. The smallest absolute Gasteiger partial charge is 0.241 e. The Balaban J connectivity index is 2.11. The molecule has 0 saturated carbocycles. The maximum absolute atomic E-state index is 13.5. The fourth-order valence-corrected chi connectivity index (χ4v) is 2.35. The molecule has 98 valence electrons. The van der Waals surface area contributed by atoms with Crippen LogP contribution in [0.3, 0.4) is 0 Å². The zero-order chi connectivity index (χ0) is 13.1. The molecule has 0 unspecified atom stereocenters. The van der Waals surface area contributed by atoms with Gasteiger partial charge in [-0.1, -0.05) is 22.4 Å². The SMILES string of the molecule is O=C(Nc1c(F)cc(Br)cc1F)[C@H]1CCCCN1. The molecule has 1 atom stereocenters. The molecular weight excluding hydrogens is 306 g/mol. The Morgan fingerprint density at radius 2 is 2.00 bits per heavy atom. The summed E-state index contributed by atoms with van der Waals surface area (Å²) in [5.41, 5.74) is -0.393. The summed E-state index contributed by atoms with van der Waals surface area (Å²) < 4.78 is 27.4. The Bertz CT molecular complexity index is 438. The van der Waals surface area contributed by atoms with Gasteiger partial charge in [-0.3, -0.25) is 4.79 Å². The Labute approximate surface area is 112 Å². The van der Waals surface area contributed by atoms with Crippen molar-refractivity contribution in [3.05, 3.63) is 28.2 Å². The minimum atomic E-state index is -0.786. The number of nitrogens with one attached hydrogen (secondary N) is 2. The van der Waals surface area contributed by atoms with Gasteiger partial charge >= 0.3 is 0 Å². The molecule has 0 spiro atoms. The second-order valence-corrected chi connectivity index (χ2v) is 5.15. The summed E-state index contributed by atoms with van der Waals surface area (Å²) in [5, 5.41) is 5.33. The third-order valence-electron chi connectivity index (χ3n) is 2.88. The monoisotopic (exact) mass is 318 g/mol. The largest absolute Gasteiger partial charge is 0.320 e. The second kappa shape index (κ2) is 5.75. The molecule has 2 rings (SSSR count). The molecule has 2 N–H and O–H groups in total. The molecule has 1 heterocycles. The first kappa shape index (κ1) is 13.4. The molecule has 1 aliphatic heterocycles. The van der Waals surface area contributed by atoms with Gasteiger partial charge in [0.1, 0.15) is 5.69 Å². The summed E-state index contributed by atoms with van der Waals surface area (Å²) in [7, 11) is 0. The maximum Gasteiger partial charge on any atom is 0.241 e. The Kier molecular flexibility index (Phi) is 4.29. The van der Waals surface area contributed by atoms with Crippen molar-refractivity contribution in [2.45, 2.75) is 25.3 Å². The molecule has 18 heavy (non-hydrogen) atoms. The van der Waals surface area contributed by atoms with Crippen molar-refractivity contribution in [2.24, 2.45) is 0 Å². The number of carbonyl (C=O) groups is 1. The predicted octanol–water partition coefficient (Wildman–Crippen LogP) is 2.81. The lowest BCUT2D eigenvalue weighted by Crippen LogP contribution is -2.43. The summed E-state index contributed by atoms with van der Waals surface area (Å²) >= 11 is 2.98. The van der Waals surface area contributed by atoms with Crippen LogP contribution in [0.1, 0.15) is 19.3 Å². The summed E-state index contributed by atoms with van der Waals surface area (Å²) in [5.74, 6) is -1.97. The van der Waals surface area contributed by atoms with Crippen LogP contribution in [0.4, 0.5) is 14.5 Å². The van der Waals surface area contributed by atoms with Crippen LogP contribution in [0, 0.1) is 11.6 Å². The highest BCUT2D eigenvalue weighted by Gasteiger charge is 2.22. The average Bonchev–Trinajstić information content (AvgIpc) is 2.34. The number of benzene rings is 1. The molecule has 1 saturated heterocycles. The molecule has 1 aromatic rings. The fourth-order valence-electron chi connectivity index (χ4n) is 1.95. The molecule has 1 amide bonds. The molecule has 0 aromatic heterocycles. The number of amides is 1. The van der Waals surface area contributed by atoms with Gasteiger partial charge < -0.3 is 10.6 Å². The van der Waals surface area contributed by atoms with Crippen LogP contribution in [0.2, 0.25) is 0 Å². The topological polar surface area (TPSA) is 41.1 Å². The second-order valence-electron chi connectivity index (χ2n) is 4.24. The van der Waals surface area contributed by atoms with Gasteiger partial charge in [0.15, 0.2) is 11.6 Å². The van der Waals surface area contributed by atoms with E-state index in [9.17, 15) is 13.6 Å². The molecule has 0 aliphatic carbocycles. The van der Waals surface area contributed by atoms with E-state index >= 15 is 0 Å². The van der Waals surface area contributed by atoms with Gasteiger partial charge in [0, 0.05) is 4.47 Å². The standard InChI is InChI=1S/C12H13BrF2N2O/c13-7-5-8(14)11(9(15)6-7)17-12(18)10-3-1-2-4-16-10/h5-6,10,16H,1-4H2,(H,17,18)/t10-/m1/s1. The Hall–Kier alpha value is -1.01. The van der Waals surface area contributed by atoms with Gasteiger partial charge in [0.05, 0.1) is 6.04 Å². The Morgan fingerprint density at radius 3 is 2.56 bits per heavy atom. The van der Waals surface area contributed by atoms with Crippen molar-refractivity contribution in [3.8, 4) is 0 Å². The van der Waals surface area contributed by atoms with Crippen molar-refractivity contribution in [3.63, 3.8) is 0 Å². The average molecular weight is 319 g/mol. The zero-order valence-electron chi connectivity index (χ0n) is 9.60. The van der Waals surface area contributed by atoms with Crippen LogP contribution in [-0.2, 0) is 4.79 Å². The minimum absolute atomic E-state index is 0.297. The van der Waals surface area contributed by atoms with Crippen LogP contribution in [0.5, 0.6) is 0 Å². The fraction of sp³-hybridized carbons (Fsp3) is 0.417. The highest BCUT2D eigenvalue weighted by Crippen LogP contribution is 2.24. The van der Waals surface area contributed by atoms with Crippen molar-refractivity contribution < 1.29 is 13.6 Å². The van der Waals surface area contributed by atoms with Crippen molar-refractivity contribution in [1.82, 2.24) is 5.32 Å². The van der Waals surface area contributed by atoms with Gasteiger partial charge in [0.25, 0.3) is 0 Å². The van der Waals surface area contributed by atoms with E-state index in [1.165, 1.54) is 0 Å². The lowest BCUT2D eigenvalue weighted by molar-refractivity contribution is -0.118. The number of carbonyl (C=O) groups excluding carboxylic acids is 1. The lowest BCUT2D eigenvalue weighted by Gasteiger charge is -2.22. The first-order chi connectivity index (χ1) is 8.58. The Morgan fingerprint density at radius 1 is 1.33 bits per heavy atom. The van der Waals surface area contributed by atoms with E-state index in [0.717, 1.165) is 31.5 Å². The number of piperidine rings is 1. The number of hydrogen-bond acceptors (Lipinski definition) is 2. The third-order valence-corrected chi connectivity index (χ3v) is 3.34. The molecule has 0 bridgehead atoms. The van der Waals surface area contributed by atoms with Crippen LogP contribution < -0.4 is 10.6 Å². The first-order valence-electron chi connectivity index (χ1n) is 5.76. The highest BCUT2D eigenvalue weighted by molar-refractivity contribution is 9.10. The van der Waals surface area contributed by atoms with E-state index in [1.807, 2.05) is 0 Å². The van der Waals surface area contributed by atoms with Crippen molar-refractivity contribution in [1.29, 1.82) is 0 Å². The summed E-state index contributed by atoms with van der Waals surface area (Å²) in [6, 6.07) is 1.86. The highest BCUT2D eigenvalue weighted by atomic mass is 79.9. The molecule has 1 aliphatic rings. The summed E-state index contributed by atoms with van der Waals surface area (Å²) in [6.45, 7) is 0.753. The summed E-state index contributed by atoms with van der Waals surface area (Å²) in [4.78, 5) is 11.8. The molecule has 6 heteroatoms. The van der Waals surface area contributed by atoms with Crippen LogP contribution in [0.15, 0.2) is 16.6 Å². The number of halogens is 3. The quantitative estimate of drug-likeness (QED) is 0.880. The van der Waals surface area contributed by atoms with Crippen LogP contribution in [0.25, 0.3) is 0 Å². The van der Waals surface area contributed by atoms with Gasteiger partial charge in [0.2, 0.25) is 5.91 Å². The molecule has 1 fully saturated rings. The van der Waals surface area contributed by atoms with E-state index in [0.29, 0.717) is 10.9 Å². The minimum Gasteiger partial charge on any atom is -0.320 e. The normalized spacial score (nSPS) is 19.6. The van der Waals surface area contributed by atoms with E-state index in [4.69, 9.17) is 0 Å². The van der Waals surface area contributed by atoms with Gasteiger partial charge in [-0.25, -0.2) is 8.78 Å². The van der Waals surface area contributed by atoms with E-state index < -0.39 is 23.2 Å². The number of hydrogen-bond donors (Lipinski definition) is 2. The lowest BCUT2D eigenvalue weighted by atomic mass is 10.0. The number of rotatable bonds is 2. The van der Waals surface area contributed by atoms with Crippen LogP contribution >= 0.6 is 15.9 Å². The van der Waals surface area contributed by atoms with Gasteiger partial charge in [-0.05, 0) is 31.5 Å². The van der Waals surface area contributed by atoms with E-state index in [-0.39, 0.29) is 6.04 Å². The third kappa shape index (κ3) is 3.05. The number of anilines is 1. The van der Waals surface area contributed by atoms with Crippen molar-refractivity contribution >= 4 is 27.5 Å². The van der Waals surface area contributed by atoms with Gasteiger partial charge in [-0.15, -0.1) is 0 Å². The maximum atomic E-state index is 13.5. The molecule has 0 radical (unpaired) electrons. The zero-order valence-corrected chi connectivity index (χ0v) is 11.2. The van der Waals surface area contributed by atoms with Gasteiger partial charge in [-0.2, -0.15) is 0 Å². The molecule has 3 nitrogen and oxygen atoms in total.